The molecule has 3 aromatic carbocycles. The second-order valence-corrected chi connectivity index (χ2v) is 9.09. The van der Waals surface area contributed by atoms with Gasteiger partial charge in [0.1, 0.15) is 5.75 Å². The summed E-state index contributed by atoms with van der Waals surface area (Å²) in [6.07, 6.45) is 2.26. The maximum absolute atomic E-state index is 13.0. The van der Waals surface area contributed by atoms with E-state index in [0.717, 1.165) is 48.1 Å². The van der Waals surface area contributed by atoms with Crippen molar-refractivity contribution in [1.82, 2.24) is 10.3 Å². The summed E-state index contributed by atoms with van der Waals surface area (Å²) in [6.45, 7) is 4.84. The van der Waals surface area contributed by atoms with Crippen LogP contribution in [0.4, 0.5) is 5.69 Å². The molecule has 0 spiro atoms. The highest BCUT2D eigenvalue weighted by Gasteiger charge is 2.17. The van der Waals surface area contributed by atoms with Crippen LogP contribution in [0.15, 0.2) is 72.8 Å². The highest BCUT2D eigenvalue weighted by Crippen LogP contribution is 2.32. The molecule has 1 aromatic heterocycles. The number of aryl methyl sites for hydroxylation is 1. The van der Waals surface area contributed by atoms with Gasteiger partial charge < -0.3 is 15.0 Å². The zero-order valence-electron chi connectivity index (χ0n) is 19.8. The number of hydrogen-bond acceptors (Lipinski definition) is 4. The van der Waals surface area contributed by atoms with Gasteiger partial charge in [0.15, 0.2) is 0 Å². The quantitative estimate of drug-likeness (QED) is 0.342. The molecule has 5 rings (SSSR count). The number of benzene rings is 3. The number of rotatable bonds is 7. The smallest absolute Gasteiger partial charge is 0.251 e. The van der Waals surface area contributed by atoms with E-state index in [-0.39, 0.29) is 5.91 Å². The van der Waals surface area contributed by atoms with Gasteiger partial charge in [0.25, 0.3) is 5.91 Å². The molecule has 1 aliphatic heterocycles. The Labute approximate surface area is 210 Å². The Morgan fingerprint density at radius 2 is 1.97 bits per heavy atom. The van der Waals surface area contributed by atoms with Crippen molar-refractivity contribution in [1.29, 1.82) is 0 Å². The summed E-state index contributed by atoms with van der Waals surface area (Å²) in [7, 11) is 0. The van der Waals surface area contributed by atoms with Gasteiger partial charge >= 0.3 is 0 Å². The second kappa shape index (κ2) is 10.4. The minimum Gasteiger partial charge on any atom is -0.493 e. The zero-order valence-corrected chi connectivity index (χ0v) is 20.5. The molecule has 1 aliphatic rings. The molecule has 35 heavy (non-hydrogen) atoms. The Morgan fingerprint density at radius 1 is 1.09 bits per heavy atom. The maximum atomic E-state index is 13.0. The van der Waals surface area contributed by atoms with Crippen LogP contribution in [0.2, 0.25) is 5.02 Å². The van der Waals surface area contributed by atoms with Gasteiger partial charge in [-0.25, -0.2) is 4.98 Å². The van der Waals surface area contributed by atoms with Crippen LogP contribution >= 0.6 is 11.6 Å². The topological polar surface area (TPSA) is 54.5 Å². The first-order chi connectivity index (χ1) is 17.1. The number of carbonyl (C=O) groups excluding carboxylic acids is 1. The van der Waals surface area contributed by atoms with E-state index in [4.69, 9.17) is 21.3 Å². The fourth-order valence-electron chi connectivity index (χ4n) is 4.66. The predicted octanol–water partition coefficient (Wildman–Crippen LogP) is 6.14. The number of carbonyl (C=O) groups is 1. The Balaban J connectivity index is 1.33. The molecule has 0 saturated heterocycles. The van der Waals surface area contributed by atoms with Crippen LogP contribution < -0.4 is 15.0 Å². The normalized spacial score (nSPS) is 12.9. The summed E-state index contributed by atoms with van der Waals surface area (Å²) < 4.78 is 5.93. The molecule has 0 radical (unpaired) electrons. The number of para-hydroxylation sites is 1. The first-order valence-corrected chi connectivity index (χ1v) is 12.4. The van der Waals surface area contributed by atoms with Crippen molar-refractivity contribution in [2.45, 2.75) is 19.8 Å². The third-order valence-corrected chi connectivity index (χ3v) is 6.56. The number of pyridine rings is 1. The van der Waals surface area contributed by atoms with Crippen LogP contribution in [0.3, 0.4) is 0 Å². The number of hydrogen-bond donors (Lipinski definition) is 1. The molecule has 1 N–H and O–H groups in total. The molecule has 1 amide bonds. The SMILES string of the molecule is CCOc1cc(-c2cccc(Cl)c2)nc2ccc(C(=O)NCCN3CCCc4ccccc43)cc12. The lowest BCUT2D eigenvalue weighted by Gasteiger charge is -2.31. The molecule has 0 bridgehead atoms. The van der Waals surface area contributed by atoms with Crippen molar-refractivity contribution in [3.05, 3.63) is 88.9 Å². The van der Waals surface area contributed by atoms with E-state index in [9.17, 15) is 4.79 Å². The summed E-state index contributed by atoms with van der Waals surface area (Å²) in [5, 5.41) is 4.55. The van der Waals surface area contributed by atoms with Gasteiger partial charge in [0, 0.05) is 52.9 Å². The lowest BCUT2D eigenvalue weighted by atomic mass is 10.0. The van der Waals surface area contributed by atoms with Crippen LogP contribution in [-0.2, 0) is 6.42 Å². The highest BCUT2D eigenvalue weighted by molar-refractivity contribution is 6.30. The molecule has 0 aliphatic carbocycles. The Bertz CT molecular complexity index is 1370. The standard InChI is InChI=1S/C29H28ClN3O2/c1-2-35-28-19-26(21-8-5-10-23(30)17-21)32-25-13-12-22(18-24(25)28)29(34)31-14-16-33-15-6-9-20-7-3-4-11-27(20)33/h3-5,7-8,10-13,17-19H,2,6,9,14-16H2,1H3,(H,31,34). The van der Waals surface area contributed by atoms with Gasteiger partial charge in [-0.05, 0) is 61.7 Å². The molecule has 0 fully saturated rings. The largest absolute Gasteiger partial charge is 0.493 e. The number of amides is 1. The molecule has 0 unspecified atom stereocenters. The first-order valence-electron chi connectivity index (χ1n) is 12.1. The van der Waals surface area contributed by atoms with E-state index in [0.29, 0.717) is 29.5 Å². The van der Waals surface area contributed by atoms with E-state index < -0.39 is 0 Å². The minimum absolute atomic E-state index is 0.0986. The summed E-state index contributed by atoms with van der Waals surface area (Å²) in [4.78, 5) is 20.1. The number of aromatic nitrogens is 1. The fraction of sp³-hybridized carbons (Fsp3) is 0.241. The van der Waals surface area contributed by atoms with Gasteiger partial charge in [-0.2, -0.15) is 0 Å². The lowest BCUT2D eigenvalue weighted by Crippen LogP contribution is -2.37. The van der Waals surface area contributed by atoms with E-state index in [1.54, 1.807) is 0 Å². The van der Waals surface area contributed by atoms with E-state index in [1.165, 1.54) is 11.3 Å². The lowest BCUT2D eigenvalue weighted by molar-refractivity contribution is 0.0954. The fourth-order valence-corrected chi connectivity index (χ4v) is 4.85. The van der Waals surface area contributed by atoms with E-state index >= 15 is 0 Å². The van der Waals surface area contributed by atoms with Crippen LogP contribution in [0.5, 0.6) is 5.75 Å². The molecule has 4 aromatic rings. The average Bonchev–Trinajstić information content (AvgIpc) is 2.88. The van der Waals surface area contributed by atoms with Crippen LogP contribution in [-0.4, -0.2) is 37.1 Å². The number of nitrogens with one attached hydrogen (secondary N) is 1. The number of ether oxygens (including phenoxy) is 1. The van der Waals surface area contributed by atoms with Crippen molar-refractivity contribution in [3.8, 4) is 17.0 Å². The molecule has 5 nitrogen and oxygen atoms in total. The van der Waals surface area contributed by atoms with Gasteiger partial charge in [0.2, 0.25) is 0 Å². The third-order valence-electron chi connectivity index (χ3n) is 6.33. The summed E-state index contributed by atoms with van der Waals surface area (Å²) in [5.41, 5.74) is 5.72. The third kappa shape index (κ3) is 5.10. The molecule has 178 valence electrons. The Morgan fingerprint density at radius 3 is 2.83 bits per heavy atom. The van der Waals surface area contributed by atoms with Crippen LogP contribution in [0.1, 0.15) is 29.3 Å². The van der Waals surface area contributed by atoms with E-state index in [2.05, 4.69) is 34.5 Å². The van der Waals surface area contributed by atoms with E-state index in [1.807, 2.05) is 55.5 Å². The van der Waals surface area contributed by atoms with Gasteiger partial charge in [-0.3, -0.25) is 4.79 Å². The van der Waals surface area contributed by atoms with Crippen molar-refractivity contribution < 1.29 is 9.53 Å². The van der Waals surface area contributed by atoms with Crippen molar-refractivity contribution in [2.24, 2.45) is 0 Å². The summed E-state index contributed by atoms with van der Waals surface area (Å²) >= 11 is 6.18. The molecule has 6 heteroatoms. The number of fused-ring (bicyclic) bond motifs is 2. The minimum atomic E-state index is -0.0986. The highest BCUT2D eigenvalue weighted by atomic mass is 35.5. The molecule has 0 atom stereocenters. The molecular formula is C29H28ClN3O2. The Hall–Kier alpha value is -3.57. The van der Waals surface area contributed by atoms with Gasteiger partial charge in [-0.1, -0.05) is 41.9 Å². The second-order valence-electron chi connectivity index (χ2n) is 8.66. The number of nitrogens with zero attached hydrogens (tertiary/aromatic N) is 2. The maximum Gasteiger partial charge on any atom is 0.251 e. The van der Waals surface area contributed by atoms with Crippen LogP contribution in [0, 0.1) is 0 Å². The number of halogens is 1. The van der Waals surface area contributed by atoms with Gasteiger partial charge in [0.05, 0.1) is 17.8 Å². The van der Waals surface area contributed by atoms with Crippen LogP contribution in [0.25, 0.3) is 22.2 Å². The monoisotopic (exact) mass is 485 g/mol. The molecule has 0 saturated carbocycles. The average molecular weight is 486 g/mol. The van der Waals surface area contributed by atoms with Crippen molar-refractivity contribution in [2.75, 3.05) is 31.1 Å². The first kappa shape index (κ1) is 23.2. The van der Waals surface area contributed by atoms with Gasteiger partial charge in [-0.15, -0.1) is 0 Å². The zero-order chi connectivity index (χ0) is 24.2. The van der Waals surface area contributed by atoms with Crippen molar-refractivity contribution in [3.63, 3.8) is 0 Å². The van der Waals surface area contributed by atoms with Crippen molar-refractivity contribution >= 4 is 34.1 Å². The summed E-state index contributed by atoms with van der Waals surface area (Å²) in [6, 6.07) is 23.6. The Kier molecular flexibility index (Phi) is 6.87. The predicted molar refractivity (Wildman–Crippen MR) is 143 cm³/mol. The summed E-state index contributed by atoms with van der Waals surface area (Å²) in [5.74, 6) is 0.602. The molecular weight excluding hydrogens is 458 g/mol. The number of anilines is 1. The molecule has 2 heterocycles.